The number of amides is 1. The summed E-state index contributed by atoms with van der Waals surface area (Å²) in [6.45, 7) is 7.04. The van der Waals surface area contributed by atoms with Gasteiger partial charge in [0.2, 0.25) is 5.88 Å². The SMILES string of the molecule is CC1CN(c2ncccc2C(=O)NS(=O)(=O)c2cccc(Oc3ccc4cccnc4c3)n2)C(C)(C)C1. The van der Waals surface area contributed by atoms with Crippen LogP contribution in [0.4, 0.5) is 5.82 Å². The van der Waals surface area contributed by atoms with E-state index in [-0.39, 0.29) is 22.0 Å². The Morgan fingerprint density at radius 1 is 1.05 bits per heavy atom. The van der Waals surface area contributed by atoms with Gasteiger partial charge < -0.3 is 9.64 Å². The predicted molar refractivity (Wildman–Crippen MR) is 140 cm³/mol. The first kappa shape index (κ1) is 24.6. The largest absolute Gasteiger partial charge is 0.439 e. The number of anilines is 1. The molecular formula is C27H27N5O4S. The molecule has 0 saturated carbocycles. The van der Waals surface area contributed by atoms with Crippen LogP contribution in [0.25, 0.3) is 10.9 Å². The van der Waals surface area contributed by atoms with Crippen LogP contribution < -0.4 is 14.4 Å². The van der Waals surface area contributed by atoms with Crippen molar-refractivity contribution in [2.75, 3.05) is 11.4 Å². The molecule has 37 heavy (non-hydrogen) atoms. The Morgan fingerprint density at radius 3 is 2.62 bits per heavy atom. The minimum Gasteiger partial charge on any atom is -0.439 e. The number of hydrogen-bond donors (Lipinski definition) is 1. The third kappa shape index (κ3) is 5.10. The molecule has 0 bridgehead atoms. The molecule has 1 saturated heterocycles. The van der Waals surface area contributed by atoms with E-state index in [2.05, 4.69) is 45.3 Å². The van der Waals surface area contributed by atoms with Gasteiger partial charge in [0.15, 0.2) is 5.03 Å². The molecule has 1 aliphatic rings. The van der Waals surface area contributed by atoms with E-state index in [9.17, 15) is 13.2 Å². The van der Waals surface area contributed by atoms with Crippen LogP contribution in [0.15, 0.2) is 78.1 Å². The van der Waals surface area contributed by atoms with Gasteiger partial charge in [0, 0.05) is 42.0 Å². The molecule has 4 heterocycles. The molecule has 5 rings (SSSR count). The maximum atomic E-state index is 13.2. The molecule has 0 aliphatic carbocycles. The van der Waals surface area contributed by atoms with E-state index in [1.807, 2.05) is 18.2 Å². The van der Waals surface area contributed by atoms with Crippen LogP contribution in [0.5, 0.6) is 11.6 Å². The monoisotopic (exact) mass is 517 g/mol. The summed E-state index contributed by atoms with van der Waals surface area (Å²) in [5.41, 5.74) is 0.705. The Labute approximate surface area is 215 Å². The average molecular weight is 518 g/mol. The summed E-state index contributed by atoms with van der Waals surface area (Å²) >= 11 is 0. The van der Waals surface area contributed by atoms with E-state index in [1.165, 1.54) is 12.1 Å². The molecule has 0 spiro atoms. The third-order valence-corrected chi connectivity index (χ3v) is 7.59. The molecule has 190 valence electrons. The molecule has 1 N–H and O–H groups in total. The number of nitrogens with zero attached hydrogens (tertiary/aromatic N) is 4. The molecule has 10 heteroatoms. The van der Waals surface area contributed by atoms with E-state index < -0.39 is 15.9 Å². The van der Waals surface area contributed by atoms with Gasteiger partial charge in [-0.15, -0.1) is 0 Å². The highest BCUT2D eigenvalue weighted by Crippen LogP contribution is 2.37. The summed E-state index contributed by atoms with van der Waals surface area (Å²) < 4.78 is 34.2. The molecule has 1 amide bonds. The number of nitrogens with one attached hydrogen (secondary N) is 1. The van der Waals surface area contributed by atoms with Crippen molar-refractivity contribution in [3.63, 3.8) is 0 Å². The van der Waals surface area contributed by atoms with Crippen LogP contribution in [0, 0.1) is 5.92 Å². The fraction of sp³-hybridized carbons (Fsp3) is 0.259. The molecular weight excluding hydrogens is 490 g/mol. The van der Waals surface area contributed by atoms with Crippen molar-refractivity contribution in [2.24, 2.45) is 5.92 Å². The minimum atomic E-state index is -4.29. The van der Waals surface area contributed by atoms with Crippen LogP contribution in [0.3, 0.4) is 0 Å². The average Bonchev–Trinajstić information content (AvgIpc) is 3.15. The van der Waals surface area contributed by atoms with Gasteiger partial charge >= 0.3 is 0 Å². The molecule has 1 aromatic carbocycles. The van der Waals surface area contributed by atoms with E-state index in [0.717, 1.165) is 23.9 Å². The van der Waals surface area contributed by atoms with Crippen LogP contribution in [0.1, 0.15) is 37.6 Å². The number of sulfonamides is 1. The number of ether oxygens (including phenoxy) is 1. The molecule has 1 atom stereocenters. The first-order chi connectivity index (χ1) is 17.6. The van der Waals surface area contributed by atoms with Crippen LogP contribution >= 0.6 is 0 Å². The molecule has 9 nitrogen and oxygen atoms in total. The smallest absolute Gasteiger partial charge is 0.281 e. The highest BCUT2D eigenvalue weighted by atomic mass is 32.2. The lowest BCUT2D eigenvalue weighted by Crippen LogP contribution is -2.41. The normalized spacial score (nSPS) is 17.1. The Hall–Kier alpha value is -4.05. The quantitative estimate of drug-likeness (QED) is 0.396. The van der Waals surface area contributed by atoms with Crippen molar-refractivity contribution < 1.29 is 17.9 Å². The fourth-order valence-electron chi connectivity index (χ4n) is 4.81. The van der Waals surface area contributed by atoms with Gasteiger partial charge in [-0.05, 0) is 62.6 Å². The van der Waals surface area contributed by atoms with Gasteiger partial charge in [-0.3, -0.25) is 9.78 Å². The lowest BCUT2D eigenvalue weighted by Gasteiger charge is -2.33. The van der Waals surface area contributed by atoms with Crippen LogP contribution in [0.2, 0.25) is 0 Å². The van der Waals surface area contributed by atoms with E-state index in [4.69, 9.17) is 4.74 Å². The van der Waals surface area contributed by atoms with E-state index in [0.29, 0.717) is 17.5 Å². The molecule has 1 unspecified atom stereocenters. The second kappa shape index (κ2) is 9.44. The number of carbonyl (C=O) groups is 1. The summed E-state index contributed by atoms with van der Waals surface area (Å²) in [5.74, 6) is 0.633. The Bertz CT molecular complexity index is 1590. The Kier molecular flexibility index (Phi) is 6.28. The highest BCUT2D eigenvalue weighted by Gasteiger charge is 2.39. The number of fused-ring (bicyclic) bond motifs is 1. The molecule has 1 fully saturated rings. The van der Waals surface area contributed by atoms with Crippen LogP contribution in [-0.4, -0.2) is 41.4 Å². The van der Waals surface area contributed by atoms with E-state index in [1.54, 1.807) is 42.7 Å². The van der Waals surface area contributed by atoms with Gasteiger partial charge in [-0.2, -0.15) is 13.4 Å². The third-order valence-electron chi connectivity index (χ3n) is 6.36. The standard InChI is InChI=1S/C27H27N5O4S/c1-18-16-27(2,3)32(17-18)25-21(8-6-14-29-25)26(33)31-37(34,35)24-10-4-9-23(30-24)36-20-12-11-19-7-5-13-28-22(19)15-20/h4-15,18H,16-17H2,1-3H3,(H,31,33). The molecule has 0 radical (unpaired) electrons. The summed E-state index contributed by atoms with van der Waals surface area (Å²) in [4.78, 5) is 28.1. The number of aromatic nitrogens is 3. The first-order valence-corrected chi connectivity index (χ1v) is 13.4. The maximum absolute atomic E-state index is 13.2. The maximum Gasteiger partial charge on any atom is 0.281 e. The van der Waals surface area contributed by atoms with Crippen molar-refractivity contribution in [2.45, 2.75) is 37.8 Å². The zero-order valence-corrected chi connectivity index (χ0v) is 21.6. The Balaban J connectivity index is 1.38. The number of hydrogen-bond acceptors (Lipinski definition) is 8. The van der Waals surface area contributed by atoms with Gasteiger partial charge in [0.1, 0.15) is 11.6 Å². The summed E-state index contributed by atoms with van der Waals surface area (Å²) in [6, 6.07) is 16.7. The molecule has 3 aromatic heterocycles. The lowest BCUT2D eigenvalue weighted by atomic mass is 9.97. The zero-order valence-electron chi connectivity index (χ0n) is 20.7. The van der Waals surface area contributed by atoms with Gasteiger partial charge in [0.05, 0.1) is 11.1 Å². The highest BCUT2D eigenvalue weighted by molar-refractivity contribution is 7.90. The van der Waals surface area contributed by atoms with Gasteiger partial charge in [-0.25, -0.2) is 9.71 Å². The lowest BCUT2D eigenvalue weighted by molar-refractivity contribution is 0.0981. The van der Waals surface area contributed by atoms with E-state index >= 15 is 0 Å². The second-order valence-electron chi connectivity index (χ2n) is 9.82. The Morgan fingerprint density at radius 2 is 1.84 bits per heavy atom. The predicted octanol–water partition coefficient (Wildman–Crippen LogP) is 4.56. The van der Waals surface area contributed by atoms with Crippen molar-refractivity contribution in [3.05, 3.63) is 78.6 Å². The van der Waals surface area contributed by atoms with Gasteiger partial charge in [-0.1, -0.05) is 19.1 Å². The molecule has 4 aromatic rings. The fourth-order valence-corrected chi connectivity index (χ4v) is 5.74. The number of carbonyl (C=O) groups excluding carboxylic acids is 1. The topological polar surface area (TPSA) is 114 Å². The number of benzene rings is 1. The number of pyridine rings is 3. The summed E-state index contributed by atoms with van der Waals surface area (Å²) in [5, 5.41) is 0.612. The number of rotatable bonds is 6. The summed E-state index contributed by atoms with van der Waals surface area (Å²) in [6.07, 6.45) is 4.22. The van der Waals surface area contributed by atoms with Crippen molar-refractivity contribution in [3.8, 4) is 11.6 Å². The first-order valence-electron chi connectivity index (χ1n) is 11.9. The van der Waals surface area contributed by atoms with Crippen molar-refractivity contribution >= 4 is 32.7 Å². The van der Waals surface area contributed by atoms with Crippen molar-refractivity contribution in [1.29, 1.82) is 0 Å². The van der Waals surface area contributed by atoms with Gasteiger partial charge in [0.25, 0.3) is 15.9 Å². The summed E-state index contributed by atoms with van der Waals surface area (Å²) in [7, 11) is -4.29. The zero-order chi connectivity index (χ0) is 26.2. The molecule has 1 aliphatic heterocycles. The second-order valence-corrected chi connectivity index (χ2v) is 11.4. The van der Waals surface area contributed by atoms with Crippen molar-refractivity contribution in [1.82, 2.24) is 19.7 Å². The minimum absolute atomic E-state index is 0.0699. The van der Waals surface area contributed by atoms with Crippen LogP contribution in [-0.2, 0) is 10.0 Å².